The van der Waals surface area contributed by atoms with Crippen molar-refractivity contribution in [1.82, 2.24) is 20.5 Å². The summed E-state index contributed by atoms with van der Waals surface area (Å²) in [6, 6.07) is 7.31. The van der Waals surface area contributed by atoms with Gasteiger partial charge in [-0.3, -0.25) is 19.5 Å². The number of pyridine rings is 1. The highest BCUT2D eigenvalue weighted by atomic mass is 16.5. The molecule has 2 heterocycles. The number of urea groups is 1. The maximum absolute atomic E-state index is 12.6. The molecule has 0 unspecified atom stereocenters. The van der Waals surface area contributed by atoms with E-state index >= 15 is 0 Å². The van der Waals surface area contributed by atoms with E-state index < -0.39 is 18.0 Å². The number of rotatable bonds is 8. The van der Waals surface area contributed by atoms with E-state index in [-0.39, 0.29) is 18.9 Å². The second-order valence-corrected chi connectivity index (χ2v) is 6.45. The minimum atomic E-state index is -0.889. The molecular weight excluding hydrogens is 376 g/mol. The lowest BCUT2D eigenvalue weighted by molar-refractivity contribution is -0.131. The summed E-state index contributed by atoms with van der Waals surface area (Å²) in [5.41, 5.74) is 1.60. The topological polar surface area (TPSA) is 110 Å². The molecule has 0 spiro atoms. The zero-order valence-corrected chi connectivity index (χ0v) is 16.2. The molecule has 1 saturated heterocycles. The van der Waals surface area contributed by atoms with Crippen molar-refractivity contribution in [1.29, 1.82) is 0 Å². The molecule has 4 amide bonds. The molecule has 1 aromatic carbocycles. The third-order valence-electron chi connectivity index (χ3n) is 4.52. The first-order valence-corrected chi connectivity index (χ1v) is 9.00. The Morgan fingerprint density at radius 2 is 1.83 bits per heavy atom. The van der Waals surface area contributed by atoms with Gasteiger partial charge in [-0.25, -0.2) is 4.79 Å². The lowest BCUT2D eigenvalue weighted by Crippen LogP contribution is -2.36. The zero-order valence-electron chi connectivity index (χ0n) is 16.2. The molecule has 152 valence electrons. The highest BCUT2D eigenvalue weighted by Gasteiger charge is 2.39. The van der Waals surface area contributed by atoms with Gasteiger partial charge in [0.2, 0.25) is 5.91 Å². The van der Waals surface area contributed by atoms with Crippen molar-refractivity contribution in [3.63, 3.8) is 0 Å². The van der Waals surface area contributed by atoms with Crippen LogP contribution < -0.4 is 20.1 Å². The van der Waals surface area contributed by atoms with Gasteiger partial charge in [0, 0.05) is 18.9 Å². The fourth-order valence-electron chi connectivity index (χ4n) is 2.99. The van der Waals surface area contributed by atoms with Crippen LogP contribution in [0.15, 0.2) is 42.7 Å². The zero-order chi connectivity index (χ0) is 20.8. The second kappa shape index (κ2) is 9.05. The van der Waals surface area contributed by atoms with Crippen LogP contribution in [-0.2, 0) is 22.7 Å². The normalized spacial score (nSPS) is 15.8. The van der Waals surface area contributed by atoms with E-state index in [1.807, 2.05) is 0 Å². The number of nitrogens with zero attached hydrogens (tertiary/aromatic N) is 2. The number of hydrogen-bond donors (Lipinski definition) is 2. The summed E-state index contributed by atoms with van der Waals surface area (Å²) >= 11 is 0. The predicted molar refractivity (Wildman–Crippen MR) is 103 cm³/mol. The Labute approximate surface area is 168 Å². The SMILES string of the molecule is COc1ccc(CN2C(=O)N[C@@H](CC(=O)NCc3ccncc3)C2=O)cc1OC. The number of carbonyl (C=O) groups excluding carboxylic acids is 3. The molecule has 0 bridgehead atoms. The van der Waals surface area contributed by atoms with Crippen LogP contribution in [0.1, 0.15) is 17.5 Å². The monoisotopic (exact) mass is 398 g/mol. The van der Waals surface area contributed by atoms with Crippen molar-refractivity contribution < 1.29 is 23.9 Å². The maximum atomic E-state index is 12.6. The number of amides is 4. The van der Waals surface area contributed by atoms with Crippen LogP contribution in [-0.4, -0.2) is 48.0 Å². The molecule has 0 saturated carbocycles. The van der Waals surface area contributed by atoms with E-state index in [0.29, 0.717) is 23.6 Å². The molecule has 0 radical (unpaired) electrons. The Bertz CT molecular complexity index is 903. The highest BCUT2D eigenvalue weighted by Crippen LogP contribution is 2.28. The molecule has 1 aliphatic heterocycles. The van der Waals surface area contributed by atoms with Crippen LogP contribution in [0.2, 0.25) is 0 Å². The minimum absolute atomic E-state index is 0.0696. The first-order chi connectivity index (χ1) is 14.0. The maximum Gasteiger partial charge on any atom is 0.325 e. The van der Waals surface area contributed by atoms with Gasteiger partial charge >= 0.3 is 6.03 Å². The first-order valence-electron chi connectivity index (χ1n) is 9.00. The van der Waals surface area contributed by atoms with Gasteiger partial charge in [-0.2, -0.15) is 0 Å². The van der Waals surface area contributed by atoms with E-state index in [0.717, 1.165) is 10.5 Å². The quantitative estimate of drug-likeness (QED) is 0.647. The Morgan fingerprint density at radius 1 is 1.10 bits per heavy atom. The number of carbonyl (C=O) groups is 3. The standard InChI is InChI=1S/C20H22N4O5/c1-28-16-4-3-14(9-17(16)29-2)12-24-19(26)15(23-20(24)27)10-18(25)22-11-13-5-7-21-8-6-13/h3-9,15H,10-12H2,1-2H3,(H,22,25)(H,23,27)/t15-/m0/s1. The predicted octanol–water partition coefficient (Wildman–Crippen LogP) is 1.23. The van der Waals surface area contributed by atoms with Gasteiger partial charge in [-0.15, -0.1) is 0 Å². The van der Waals surface area contributed by atoms with Crippen molar-refractivity contribution in [3.05, 3.63) is 53.9 Å². The van der Waals surface area contributed by atoms with Gasteiger partial charge in [-0.1, -0.05) is 6.07 Å². The van der Waals surface area contributed by atoms with Gasteiger partial charge in [0.1, 0.15) is 6.04 Å². The van der Waals surface area contributed by atoms with Crippen LogP contribution >= 0.6 is 0 Å². The van der Waals surface area contributed by atoms with Gasteiger partial charge < -0.3 is 20.1 Å². The fourth-order valence-corrected chi connectivity index (χ4v) is 2.99. The van der Waals surface area contributed by atoms with Gasteiger partial charge in [0.05, 0.1) is 27.2 Å². The van der Waals surface area contributed by atoms with Crippen LogP contribution in [0.3, 0.4) is 0 Å². The average molecular weight is 398 g/mol. The molecule has 9 heteroatoms. The van der Waals surface area contributed by atoms with Crippen LogP contribution in [0.5, 0.6) is 11.5 Å². The van der Waals surface area contributed by atoms with Crippen LogP contribution in [0, 0.1) is 0 Å². The number of imide groups is 1. The largest absolute Gasteiger partial charge is 0.493 e. The summed E-state index contributed by atoms with van der Waals surface area (Å²) in [7, 11) is 3.04. The Morgan fingerprint density at radius 3 is 2.52 bits per heavy atom. The number of nitrogens with one attached hydrogen (secondary N) is 2. The molecule has 29 heavy (non-hydrogen) atoms. The fraction of sp³-hybridized carbons (Fsp3) is 0.300. The summed E-state index contributed by atoms with van der Waals surface area (Å²) in [4.78, 5) is 42.0. The molecular formula is C20H22N4O5. The molecule has 1 atom stereocenters. The Balaban J connectivity index is 1.58. The summed E-state index contributed by atoms with van der Waals surface area (Å²) < 4.78 is 10.4. The molecule has 1 fully saturated rings. The lowest BCUT2D eigenvalue weighted by atomic mass is 10.1. The summed E-state index contributed by atoms with van der Waals surface area (Å²) in [5.74, 6) is 0.290. The molecule has 0 aliphatic carbocycles. The molecule has 1 aliphatic rings. The number of methoxy groups -OCH3 is 2. The highest BCUT2D eigenvalue weighted by molar-refractivity contribution is 6.05. The van der Waals surface area contributed by atoms with Crippen molar-refractivity contribution in [2.45, 2.75) is 25.6 Å². The molecule has 3 rings (SSSR count). The van der Waals surface area contributed by atoms with Crippen molar-refractivity contribution >= 4 is 17.8 Å². The van der Waals surface area contributed by atoms with Crippen molar-refractivity contribution in [3.8, 4) is 11.5 Å². The minimum Gasteiger partial charge on any atom is -0.493 e. The van der Waals surface area contributed by atoms with E-state index in [2.05, 4.69) is 15.6 Å². The van der Waals surface area contributed by atoms with Crippen molar-refractivity contribution in [2.75, 3.05) is 14.2 Å². The smallest absolute Gasteiger partial charge is 0.325 e. The molecule has 1 aromatic heterocycles. The second-order valence-electron chi connectivity index (χ2n) is 6.45. The first kappa shape index (κ1) is 20.1. The molecule has 9 nitrogen and oxygen atoms in total. The van der Waals surface area contributed by atoms with Crippen LogP contribution in [0.25, 0.3) is 0 Å². The van der Waals surface area contributed by atoms with E-state index in [9.17, 15) is 14.4 Å². The summed E-state index contributed by atoms with van der Waals surface area (Å²) in [6.45, 7) is 0.395. The number of hydrogen-bond acceptors (Lipinski definition) is 6. The summed E-state index contributed by atoms with van der Waals surface area (Å²) in [5, 5.41) is 5.30. The van der Waals surface area contributed by atoms with Gasteiger partial charge in [-0.05, 0) is 35.4 Å². The number of ether oxygens (including phenoxy) is 2. The summed E-state index contributed by atoms with van der Waals surface area (Å²) in [6.07, 6.45) is 3.14. The van der Waals surface area contributed by atoms with E-state index in [1.54, 1.807) is 42.7 Å². The Kier molecular flexibility index (Phi) is 6.28. The lowest BCUT2D eigenvalue weighted by Gasteiger charge is -2.15. The Hall–Kier alpha value is -3.62. The van der Waals surface area contributed by atoms with E-state index in [1.165, 1.54) is 14.2 Å². The average Bonchev–Trinajstić information content (AvgIpc) is 3.00. The van der Waals surface area contributed by atoms with Crippen LogP contribution in [0.4, 0.5) is 4.79 Å². The molecule has 2 aromatic rings. The third kappa shape index (κ3) is 4.81. The third-order valence-corrected chi connectivity index (χ3v) is 4.52. The van der Waals surface area contributed by atoms with E-state index in [4.69, 9.17) is 9.47 Å². The number of aromatic nitrogens is 1. The van der Waals surface area contributed by atoms with Gasteiger partial charge in [0.15, 0.2) is 11.5 Å². The van der Waals surface area contributed by atoms with Crippen molar-refractivity contribution in [2.24, 2.45) is 0 Å². The number of benzene rings is 1. The molecule has 2 N–H and O–H groups in total. The van der Waals surface area contributed by atoms with Gasteiger partial charge in [0.25, 0.3) is 5.91 Å².